The fourth-order valence-corrected chi connectivity index (χ4v) is 6.76. The zero-order valence-corrected chi connectivity index (χ0v) is 17.4. The summed E-state index contributed by atoms with van der Waals surface area (Å²) in [6.07, 6.45) is -1.46. The Hall–Kier alpha value is -0.660. The number of phosphoric acid groups is 3. The van der Waals surface area contributed by atoms with E-state index in [4.69, 9.17) is 19.0 Å². The number of nitrogens with one attached hydrogen (secondary N) is 1. The van der Waals surface area contributed by atoms with Gasteiger partial charge in [-0.1, -0.05) is 6.92 Å². The predicted octanol–water partition coefficient (Wildman–Crippen LogP) is -0.267. The van der Waals surface area contributed by atoms with Gasteiger partial charge in [0.2, 0.25) is 0 Å². The molecule has 3 unspecified atom stereocenters. The standard InChI is InChI=1S/C11H19N2O13P3/c1-2-11-6(14)9(13-5-3-4-12-10(13)15)23-7(11)8(11)24-28(19,20)26-29(21,22)25-27(16,17)18/h3,5-9,14H,2,4H2,1H3,(H,12,15)(H,19,20)(H,21,22)(H2,16,17,18)/t6-,7+,8?,9+,11+/m0/s1. The van der Waals surface area contributed by atoms with Crippen LogP contribution in [0.5, 0.6) is 0 Å². The van der Waals surface area contributed by atoms with Crippen LogP contribution in [0.3, 0.4) is 0 Å². The number of carbonyl (C=O) groups excluding carboxylic acids is 1. The number of aliphatic hydroxyl groups excluding tert-OH is 1. The van der Waals surface area contributed by atoms with Crippen molar-refractivity contribution in [1.29, 1.82) is 0 Å². The molecule has 0 aromatic heterocycles. The van der Waals surface area contributed by atoms with Gasteiger partial charge in [-0.15, -0.1) is 0 Å². The number of nitrogens with zero attached hydrogens (tertiary/aromatic N) is 1. The molecule has 29 heavy (non-hydrogen) atoms. The third kappa shape index (κ3) is 4.52. The molecule has 0 bridgehead atoms. The van der Waals surface area contributed by atoms with Gasteiger partial charge in [0.15, 0.2) is 6.23 Å². The molecule has 0 radical (unpaired) electrons. The summed E-state index contributed by atoms with van der Waals surface area (Å²) in [5, 5.41) is 13.2. The van der Waals surface area contributed by atoms with E-state index in [1.807, 2.05) is 0 Å². The van der Waals surface area contributed by atoms with Crippen LogP contribution in [-0.2, 0) is 31.6 Å². The Morgan fingerprint density at radius 1 is 1.24 bits per heavy atom. The van der Waals surface area contributed by atoms with E-state index in [1.165, 1.54) is 6.20 Å². The fraction of sp³-hybridized carbons (Fsp3) is 0.727. The Labute approximate surface area is 163 Å². The molecule has 0 aromatic carbocycles. The highest BCUT2D eigenvalue weighted by atomic mass is 31.3. The number of carbonyl (C=O) groups is 1. The van der Waals surface area contributed by atoms with Crippen LogP contribution >= 0.6 is 23.5 Å². The second-order valence-corrected chi connectivity index (χ2v) is 10.8. The first-order valence-electron chi connectivity index (χ1n) is 8.11. The van der Waals surface area contributed by atoms with E-state index >= 15 is 0 Å². The van der Waals surface area contributed by atoms with Crippen LogP contribution in [0, 0.1) is 5.41 Å². The van der Waals surface area contributed by atoms with Gasteiger partial charge in [0.25, 0.3) is 0 Å². The van der Waals surface area contributed by atoms with Crippen LogP contribution in [-0.4, -0.2) is 66.7 Å². The molecule has 1 saturated carbocycles. The van der Waals surface area contributed by atoms with Crippen molar-refractivity contribution >= 4 is 29.5 Å². The van der Waals surface area contributed by atoms with Crippen LogP contribution in [0.4, 0.5) is 4.79 Å². The Kier molecular flexibility index (Phi) is 5.94. The summed E-state index contributed by atoms with van der Waals surface area (Å²) < 4.78 is 51.8. The molecule has 2 fully saturated rings. The van der Waals surface area contributed by atoms with Crippen LogP contribution in [0.15, 0.2) is 12.3 Å². The molecule has 2 heterocycles. The van der Waals surface area contributed by atoms with Gasteiger partial charge in [0.1, 0.15) is 12.2 Å². The molecule has 3 rings (SSSR count). The second-order valence-electron chi connectivity index (χ2n) is 6.45. The molecule has 7 atom stereocenters. The number of rotatable bonds is 8. The van der Waals surface area contributed by atoms with Gasteiger partial charge < -0.3 is 34.7 Å². The molecule has 6 N–H and O–H groups in total. The van der Waals surface area contributed by atoms with E-state index in [-0.39, 0.29) is 6.42 Å². The summed E-state index contributed by atoms with van der Waals surface area (Å²) >= 11 is 0. The minimum atomic E-state index is -5.66. The van der Waals surface area contributed by atoms with Gasteiger partial charge in [-0.25, -0.2) is 18.5 Å². The minimum Gasteiger partial charge on any atom is -0.388 e. The van der Waals surface area contributed by atoms with Gasteiger partial charge in [0, 0.05) is 12.7 Å². The highest BCUT2D eigenvalue weighted by molar-refractivity contribution is 7.66. The van der Waals surface area contributed by atoms with E-state index in [9.17, 15) is 33.4 Å². The highest BCUT2D eigenvalue weighted by Gasteiger charge is 2.78. The molecule has 15 nitrogen and oxygen atoms in total. The molecule has 1 saturated heterocycles. The third-order valence-electron chi connectivity index (χ3n) is 4.75. The van der Waals surface area contributed by atoms with Gasteiger partial charge in [0.05, 0.1) is 11.5 Å². The maximum absolute atomic E-state index is 12.0. The fourth-order valence-electron chi connectivity index (χ4n) is 3.51. The predicted molar refractivity (Wildman–Crippen MR) is 90.5 cm³/mol. The Bertz CT molecular complexity index is 859. The van der Waals surface area contributed by atoms with Crippen molar-refractivity contribution in [2.75, 3.05) is 6.54 Å². The molecule has 166 valence electrons. The second kappa shape index (κ2) is 7.49. The van der Waals surface area contributed by atoms with Gasteiger partial charge in [-0.3, -0.25) is 9.42 Å². The summed E-state index contributed by atoms with van der Waals surface area (Å²) in [5.41, 5.74) is -1.22. The number of hydrogen-bond acceptors (Lipinski definition) is 9. The van der Waals surface area contributed by atoms with Crippen molar-refractivity contribution in [2.24, 2.45) is 5.41 Å². The zero-order valence-electron chi connectivity index (χ0n) is 14.7. The smallest absolute Gasteiger partial charge is 0.388 e. The average molecular weight is 480 g/mol. The summed E-state index contributed by atoms with van der Waals surface area (Å²) in [5.74, 6) is 0. The molecule has 1 aliphatic carbocycles. The summed E-state index contributed by atoms with van der Waals surface area (Å²) in [7, 11) is -16.5. The molecule has 0 aromatic rings. The number of urea groups is 1. The SMILES string of the molecule is CC[C@]12C(OP(=O)(O)OP(=O)(O)OP(=O)(O)O)[C@H]1O[C@@H](N1C=CCNC1=O)[C@@H]2O. The molecule has 0 spiro atoms. The minimum absolute atomic E-state index is 0.176. The number of hydrogen-bond donors (Lipinski definition) is 6. The van der Waals surface area contributed by atoms with Gasteiger partial charge in [-0.05, 0) is 12.5 Å². The maximum Gasteiger partial charge on any atom is 0.490 e. The van der Waals surface area contributed by atoms with E-state index in [0.717, 1.165) is 4.90 Å². The molecule has 3 aliphatic rings. The van der Waals surface area contributed by atoms with Crippen molar-refractivity contribution in [1.82, 2.24) is 10.2 Å². The third-order valence-corrected chi connectivity index (χ3v) is 8.57. The summed E-state index contributed by atoms with van der Waals surface area (Å²) in [6.45, 7) is 1.92. The Balaban J connectivity index is 1.70. The van der Waals surface area contributed by atoms with Gasteiger partial charge in [-0.2, -0.15) is 8.62 Å². The number of ether oxygens (including phenoxy) is 1. The molecule has 2 amide bonds. The van der Waals surface area contributed by atoms with Crippen LogP contribution in [0.1, 0.15) is 13.3 Å². The quantitative estimate of drug-likeness (QED) is 0.247. The highest BCUT2D eigenvalue weighted by Crippen LogP contribution is 2.71. The lowest BCUT2D eigenvalue weighted by molar-refractivity contribution is -0.0885. The van der Waals surface area contributed by atoms with E-state index in [2.05, 4.69) is 13.9 Å². The maximum atomic E-state index is 12.0. The topological polar surface area (TPSA) is 222 Å². The van der Waals surface area contributed by atoms with E-state index in [1.54, 1.807) is 13.0 Å². The van der Waals surface area contributed by atoms with Crippen molar-refractivity contribution < 1.29 is 61.1 Å². The van der Waals surface area contributed by atoms with E-state index in [0.29, 0.717) is 6.54 Å². The number of fused-ring (bicyclic) bond motifs is 1. The van der Waals surface area contributed by atoms with Crippen molar-refractivity contribution in [3.05, 3.63) is 12.3 Å². The van der Waals surface area contributed by atoms with Crippen LogP contribution in [0.2, 0.25) is 0 Å². The van der Waals surface area contributed by atoms with E-state index < -0.39 is 59.5 Å². The summed E-state index contributed by atoms with van der Waals surface area (Å²) in [6, 6.07) is -0.520. The van der Waals surface area contributed by atoms with Crippen LogP contribution in [0.25, 0.3) is 0 Å². The van der Waals surface area contributed by atoms with Crippen molar-refractivity contribution in [3.8, 4) is 0 Å². The lowest BCUT2D eigenvalue weighted by atomic mass is 9.95. The number of amides is 2. The Morgan fingerprint density at radius 3 is 2.41 bits per heavy atom. The first-order chi connectivity index (χ1) is 13.2. The first kappa shape index (κ1) is 23.0. The number of phosphoric ester groups is 1. The molecule has 18 heteroatoms. The van der Waals surface area contributed by atoms with Crippen molar-refractivity contribution in [3.63, 3.8) is 0 Å². The zero-order chi connectivity index (χ0) is 21.8. The largest absolute Gasteiger partial charge is 0.490 e. The van der Waals surface area contributed by atoms with Crippen LogP contribution < -0.4 is 5.32 Å². The molecular weight excluding hydrogens is 461 g/mol. The first-order valence-corrected chi connectivity index (χ1v) is 12.6. The lowest BCUT2D eigenvalue weighted by Crippen LogP contribution is -2.52. The lowest BCUT2D eigenvalue weighted by Gasteiger charge is -2.33. The Morgan fingerprint density at radius 2 is 1.90 bits per heavy atom. The average Bonchev–Trinajstić information content (AvgIpc) is 3.02. The number of aliphatic hydroxyl groups is 1. The molecular formula is C11H19N2O13P3. The van der Waals surface area contributed by atoms with Crippen molar-refractivity contribution in [2.45, 2.75) is 37.9 Å². The summed E-state index contributed by atoms with van der Waals surface area (Å²) in [4.78, 5) is 49.0. The van der Waals surface area contributed by atoms with Gasteiger partial charge >= 0.3 is 29.5 Å². The monoisotopic (exact) mass is 480 g/mol. The normalized spacial score (nSPS) is 38.1. The molecule has 2 aliphatic heterocycles.